The Morgan fingerprint density at radius 2 is 1.88 bits per heavy atom. The first-order valence-electron chi connectivity index (χ1n) is 8.38. The van der Waals surface area contributed by atoms with E-state index in [0.717, 1.165) is 0 Å². The second kappa shape index (κ2) is 8.84. The fraction of sp³-hybridized carbons (Fsp3) is 0.316. The third kappa shape index (κ3) is 4.95. The van der Waals surface area contributed by atoms with Crippen molar-refractivity contribution in [1.29, 1.82) is 0 Å². The lowest BCUT2D eigenvalue weighted by atomic mass is 10.1. The van der Waals surface area contributed by atoms with Crippen LogP contribution >= 0.6 is 0 Å². The molecule has 1 heterocycles. The van der Waals surface area contributed by atoms with Crippen LogP contribution in [0.2, 0.25) is 0 Å². The molecule has 2 aromatic rings. The molecule has 138 valence electrons. The maximum atomic E-state index is 12.1. The molecule has 0 aliphatic rings. The quantitative estimate of drug-likeness (QED) is 0.660. The number of hydrogen-bond acceptors (Lipinski definition) is 4. The molecule has 2 rings (SSSR count). The number of benzene rings is 1. The lowest BCUT2D eigenvalue weighted by molar-refractivity contribution is -0.126. The molecule has 1 aromatic heterocycles. The van der Waals surface area contributed by atoms with Crippen LogP contribution in [0.3, 0.4) is 0 Å². The normalized spacial score (nSPS) is 10.3. The zero-order valence-corrected chi connectivity index (χ0v) is 15.1. The Labute approximate surface area is 151 Å². The molecule has 3 N–H and O–H groups in total. The Kier molecular flexibility index (Phi) is 6.54. The minimum Gasteiger partial charge on any atom is -0.492 e. The molecule has 0 radical (unpaired) electrons. The van der Waals surface area contributed by atoms with Crippen molar-refractivity contribution < 1.29 is 14.3 Å². The summed E-state index contributed by atoms with van der Waals surface area (Å²) in [6.07, 6.45) is 1.28. The number of carbonyl (C=O) groups excluding carboxylic acids is 2. The molecular formula is C19H23N3O4. The number of amides is 2. The lowest BCUT2D eigenvalue weighted by Crippen LogP contribution is -2.29. The van der Waals surface area contributed by atoms with Crippen LogP contribution in [0.15, 0.2) is 35.3 Å². The van der Waals surface area contributed by atoms with E-state index in [1.165, 1.54) is 0 Å². The summed E-state index contributed by atoms with van der Waals surface area (Å²) < 4.78 is 5.43. The largest absolute Gasteiger partial charge is 0.492 e. The number of carbonyl (C=O) groups is 2. The average molecular weight is 357 g/mol. The number of H-pyrrole nitrogens is 1. The van der Waals surface area contributed by atoms with E-state index in [9.17, 15) is 14.4 Å². The van der Waals surface area contributed by atoms with Gasteiger partial charge in [0.25, 0.3) is 0 Å². The minimum atomic E-state index is -0.441. The zero-order chi connectivity index (χ0) is 19.1. The van der Waals surface area contributed by atoms with Gasteiger partial charge >= 0.3 is 0 Å². The van der Waals surface area contributed by atoms with E-state index in [2.05, 4.69) is 15.6 Å². The third-order valence-electron chi connectivity index (χ3n) is 3.86. The molecule has 0 bridgehead atoms. The van der Waals surface area contributed by atoms with Gasteiger partial charge in [0.15, 0.2) is 5.43 Å². The number of aromatic nitrogens is 1. The molecule has 0 aliphatic carbocycles. The Morgan fingerprint density at radius 3 is 2.62 bits per heavy atom. The molecule has 7 nitrogen and oxygen atoms in total. The lowest BCUT2D eigenvalue weighted by Gasteiger charge is -2.11. The molecule has 0 saturated heterocycles. The van der Waals surface area contributed by atoms with Gasteiger partial charge in [0.1, 0.15) is 12.2 Å². The van der Waals surface area contributed by atoms with E-state index in [-0.39, 0.29) is 18.4 Å². The van der Waals surface area contributed by atoms with Crippen molar-refractivity contribution in [3.05, 3.63) is 57.5 Å². The highest BCUT2D eigenvalue weighted by atomic mass is 16.5. The van der Waals surface area contributed by atoms with Crippen LogP contribution in [0.1, 0.15) is 30.2 Å². The molecular weight excluding hydrogens is 334 g/mol. The van der Waals surface area contributed by atoms with Gasteiger partial charge in [0, 0.05) is 23.0 Å². The number of rotatable bonds is 7. The maximum absolute atomic E-state index is 12.1. The average Bonchev–Trinajstić information content (AvgIpc) is 2.61. The van der Waals surface area contributed by atoms with Crippen molar-refractivity contribution in [3.63, 3.8) is 0 Å². The van der Waals surface area contributed by atoms with Gasteiger partial charge in [0.05, 0.1) is 18.8 Å². The number of ether oxygens (including phenoxy) is 1. The van der Waals surface area contributed by atoms with Crippen LogP contribution in [0.4, 0.5) is 5.69 Å². The number of para-hydroxylation sites is 2. The third-order valence-corrected chi connectivity index (χ3v) is 3.86. The molecule has 7 heteroatoms. The highest BCUT2D eigenvalue weighted by Crippen LogP contribution is 2.23. The first-order chi connectivity index (χ1) is 12.4. The Morgan fingerprint density at radius 1 is 1.15 bits per heavy atom. The van der Waals surface area contributed by atoms with Crippen molar-refractivity contribution in [1.82, 2.24) is 10.3 Å². The van der Waals surface area contributed by atoms with Crippen molar-refractivity contribution in [2.75, 3.05) is 11.9 Å². The highest BCUT2D eigenvalue weighted by molar-refractivity contribution is 6.04. The van der Waals surface area contributed by atoms with Gasteiger partial charge < -0.3 is 20.4 Å². The molecule has 0 aliphatic heterocycles. The van der Waals surface area contributed by atoms with Gasteiger partial charge in [-0.2, -0.15) is 0 Å². The van der Waals surface area contributed by atoms with Gasteiger partial charge in [-0.15, -0.1) is 0 Å². The van der Waals surface area contributed by atoms with E-state index in [1.54, 1.807) is 44.3 Å². The van der Waals surface area contributed by atoms with Gasteiger partial charge in [-0.3, -0.25) is 14.4 Å². The van der Waals surface area contributed by atoms with E-state index in [4.69, 9.17) is 4.74 Å². The number of aromatic amines is 1. The molecule has 2 amide bonds. The molecule has 0 saturated carbocycles. The molecule has 0 atom stereocenters. The van der Waals surface area contributed by atoms with Crippen LogP contribution in [-0.2, 0) is 16.1 Å². The smallest absolute Gasteiger partial charge is 0.233 e. The van der Waals surface area contributed by atoms with E-state index in [1.807, 2.05) is 6.92 Å². The van der Waals surface area contributed by atoms with Crippen LogP contribution in [0.25, 0.3) is 0 Å². The number of pyridine rings is 1. The Bertz CT molecular complexity index is 858. The van der Waals surface area contributed by atoms with Gasteiger partial charge in [-0.1, -0.05) is 12.1 Å². The maximum Gasteiger partial charge on any atom is 0.233 e. The summed E-state index contributed by atoms with van der Waals surface area (Å²) in [6.45, 7) is 5.90. The summed E-state index contributed by atoms with van der Waals surface area (Å²) in [5.41, 5.74) is 2.26. The number of hydrogen-bond donors (Lipinski definition) is 3. The molecule has 0 unspecified atom stereocenters. The molecule has 0 fully saturated rings. The molecule has 26 heavy (non-hydrogen) atoms. The Balaban J connectivity index is 1.91. The number of nitrogens with one attached hydrogen (secondary N) is 3. The fourth-order valence-corrected chi connectivity index (χ4v) is 2.43. The predicted molar refractivity (Wildman–Crippen MR) is 99.2 cm³/mol. The number of anilines is 1. The fourth-order valence-electron chi connectivity index (χ4n) is 2.43. The topological polar surface area (TPSA) is 100 Å². The van der Waals surface area contributed by atoms with Crippen molar-refractivity contribution in [2.24, 2.45) is 0 Å². The van der Waals surface area contributed by atoms with Crippen molar-refractivity contribution in [2.45, 2.75) is 33.7 Å². The summed E-state index contributed by atoms with van der Waals surface area (Å²) in [5.74, 6) is -0.322. The van der Waals surface area contributed by atoms with Crippen LogP contribution in [0, 0.1) is 13.8 Å². The van der Waals surface area contributed by atoms with Crippen LogP contribution in [-0.4, -0.2) is 23.4 Å². The monoisotopic (exact) mass is 357 g/mol. The summed E-state index contributed by atoms with van der Waals surface area (Å²) in [7, 11) is 0. The first-order valence-corrected chi connectivity index (χ1v) is 8.38. The van der Waals surface area contributed by atoms with Gasteiger partial charge in [-0.05, 0) is 32.9 Å². The van der Waals surface area contributed by atoms with Crippen LogP contribution in [0.5, 0.6) is 5.75 Å². The van der Waals surface area contributed by atoms with E-state index < -0.39 is 11.8 Å². The predicted octanol–water partition coefficient (Wildman–Crippen LogP) is 2.04. The SMILES string of the molecule is CCOc1ccccc1NC(=O)CC(=O)NCc1[nH]cc(C)c(=O)c1C. The Hall–Kier alpha value is -3.09. The van der Waals surface area contributed by atoms with Crippen LogP contribution < -0.4 is 20.8 Å². The summed E-state index contributed by atoms with van der Waals surface area (Å²) in [4.78, 5) is 38.9. The van der Waals surface area contributed by atoms with Gasteiger partial charge in [-0.25, -0.2) is 0 Å². The highest BCUT2D eigenvalue weighted by Gasteiger charge is 2.13. The van der Waals surface area contributed by atoms with Crippen molar-refractivity contribution in [3.8, 4) is 5.75 Å². The van der Waals surface area contributed by atoms with E-state index >= 15 is 0 Å². The second-order valence-corrected chi connectivity index (χ2v) is 5.84. The van der Waals surface area contributed by atoms with Crippen molar-refractivity contribution >= 4 is 17.5 Å². The molecule has 1 aromatic carbocycles. The zero-order valence-electron chi connectivity index (χ0n) is 15.1. The molecule has 0 spiro atoms. The summed E-state index contributed by atoms with van der Waals surface area (Å²) >= 11 is 0. The first kappa shape index (κ1) is 19.2. The van der Waals surface area contributed by atoms with E-state index in [0.29, 0.717) is 34.9 Å². The standard InChI is InChI=1S/C19H23N3O4/c1-4-26-16-8-6-5-7-14(16)22-18(24)9-17(23)21-11-15-13(3)19(25)12(2)10-20-15/h5-8,10H,4,9,11H2,1-3H3,(H,20,25)(H,21,23)(H,22,24). The summed E-state index contributed by atoms with van der Waals surface area (Å²) in [5, 5.41) is 5.31. The van der Waals surface area contributed by atoms with Gasteiger partial charge in [0.2, 0.25) is 11.8 Å². The summed E-state index contributed by atoms with van der Waals surface area (Å²) in [6, 6.07) is 7.03. The minimum absolute atomic E-state index is 0.0572. The second-order valence-electron chi connectivity index (χ2n) is 5.84. The number of aryl methyl sites for hydroxylation is 1.